The molecule has 6 nitrogen and oxygen atoms in total. The fourth-order valence-corrected chi connectivity index (χ4v) is 6.20. The van der Waals surface area contributed by atoms with Crippen molar-refractivity contribution in [2.75, 3.05) is 18.0 Å². The van der Waals surface area contributed by atoms with Crippen molar-refractivity contribution < 1.29 is 4.79 Å². The second-order valence-electron chi connectivity index (χ2n) is 9.05. The molecule has 2 saturated heterocycles. The van der Waals surface area contributed by atoms with Gasteiger partial charge in [-0.25, -0.2) is 0 Å². The van der Waals surface area contributed by atoms with Gasteiger partial charge in [0.1, 0.15) is 21.8 Å². The fourth-order valence-electron chi connectivity index (χ4n) is 4.80. The van der Waals surface area contributed by atoms with Crippen molar-refractivity contribution in [2.24, 2.45) is 13.0 Å². The number of nitrogens with zero attached hydrogens (tertiary/aromatic N) is 4. The molecular formula is C26H28N4O2S2. The molecule has 2 fully saturated rings. The number of aromatic nitrogens is 1. The highest BCUT2D eigenvalue weighted by molar-refractivity contribution is 8.26. The Kier molecular flexibility index (Phi) is 6.96. The van der Waals surface area contributed by atoms with Crippen LogP contribution >= 0.6 is 24.0 Å². The molecule has 0 saturated carbocycles. The van der Waals surface area contributed by atoms with Gasteiger partial charge in [0, 0.05) is 25.7 Å². The number of hydrogen-bond acceptors (Lipinski definition) is 6. The minimum atomic E-state index is -0.310. The summed E-state index contributed by atoms with van der Waals surface area (Å²) in [5, 5.41) is 9.69. The topological polar surface area (TPSA) is 69.3 Å². The molecule has 176 valence electrons. The summed E-state index contributed by atoms with van der Waals surface area (Å²) in [6, 6.07) is 11.7. The van der Waals surface area contributed by atoms with E-state index in [0.29, 0.717) is 20.7 Å². The zero-order valence-electron chi connectivity index (χ0n) is 19.9. The summed E-state index contributed by atoms with van der Waals surface area (Å²) in [5.74, 6) is 1.10. The molecule has 0 bridgehead atoms. The number of pyridine rings is 1. The van der Waals surface area contributed by atoms with E-state index < -0.39 is 0 Å². The molecule has 2 unspecified atom stereocenters. The lowest BCUT2D eigenvalue weighted by Gasteiger charge is -2.35. The van der Waals surface area contributed by atoms with Crippen molar-refractivity contribution in [1.82, 2.24) is 9.47 Å². The molecule has 2 aliphatic heterocycles. The maximum absolute atomic E-state index is 13.5. The summed E-state index contributed by atoms with van der Waals surface area (Å²) in [6.45, 7) is 7.61. The highest BCUT2D eigenvalue weighted by Gasteiger charge is 2.36. The number of nitriles is 1. The van der Waals surface area contributed by atoms with E-state index in [0.717, 1.165) is 42.9 Å². The molecule has 2 aromatic rings. The first-order valence-corrected chi connectivity index (χ1v) is 12.7. The highest BCUT2D eigenvalue weighted by atomic mass is 32.2. The van der Waals surface area contributed by atoms with Crippen molar-refractivity contribution in [3.63, 3.8) is 0 Å². The minimum Gasteiger partial charge on any atom is -0.357 e. The van der Waals surface area contributed by atoms with Gasteiger partial charge in [0.25, 0.3) is 11.5 Å². The van der Waals surface area contributed by atoms with E-state index in [2.05, 4.69) is 17.9 Å². The summed E-state index contributed by atoms with van der Waals surface area (Å²) in [7, 11) is 1.71. The van der Waals surface area contributed by atoms with Crippen molar-refractivity contribution in [3.8, 4) is 6.07 Å². The van der Waals surface area contributed by atoms with Gasteiger partial charge in [0.2, 0.25) is 0 Å². The second-order valence-corrected chi connectivity index (χ2v) is 10.7. The summed E-state index contributed by atoms with van der Waals surface area (Å²) >= 11 is 6.87. The van der Waals surface area contributed by atoms with Gasteiger partial charge in [-0.3, -0.25) is 19.1 Å². The molecule has 1 aromatic carbocycles. The molecule has 0 radical (unpaired) electrons. The quantitative estimate of drug-likeness (QED) is 0.453. The molecule has 34 heavy (non-hydrogen) atoms. The molecule has 0 spiro atoms. The van der Waals surface area contributed by atoms with Crippen LogP contribution in [0, 0.1) is 24.2 Å². The van der Waals surface area contributed by atoms with E-state index >= 15 is 0 Å². The largest absolute Gasteiger partial charge is 0.357 e. The van der Waals surface area contributed by atoms with Gasteiger partial charge in [0.15, 0.2) is 0 Å². The maximum atomic E-state index is 13.5. The molecular weight excluding hydrogens is 464 g/mol. The number of thiocarbonyl (C=S) groups is 1. The second kappa shape index (κ2) is 9.77. The molecule has 8 heteroatoms. The SMILES string of the molecule is Cc1c(/C=C2\SC(=S)N(C(C)c3ccccc3)C2=O)c(N2CCCC(C)C2)n(C)c(=O)c1C#N. The number of rotatable bonds is 4. The Morgan fingerprint density at radius 3 is 2.62 bits per heavy atom. The van der Waals surface area contributed by atoms with Crippen LogP contribution in [0.1, 0.15) is 55.0 Å². The Labute approximate surface area is 209 Å². The number of thioether (sulfide) groups is 1. The lowest BCUT2D eigenvalue weighted by atomic mass is 9.98. The number of carbonyl (C=O) groups is 1. The zero-order valence-corrected chi connectivity index (χ0v) is 21.5. The zero-order chi connectivity index (χ0) is 24.6. The van der Waals surface area contributed by atoms with E-state index in [-0.39, 0.29) is 23.1 Å². The van der Waals surface area contributed by atoms with Gasteiger partial charge >= 0.3 is 0 Å². The molecule has 0 aliphatic carbocycles. The van der Waals surface area contributed by atoms with Crippen LogP contribution in [-0.2, 0) is 11.8 Å². The van der Waals surface area contributed by atoms with Crippen LogP contribution in [0.2, 0.25) is 0 Å². The third-order valence-corrected chi connectivity index (χ3v) is 8.02. The Bertz CT molecular complexity index is 1280. The number of hydrogen-bond donors (Lipinski definition) is 0. The molecule has 0 N–H and O–H groups in total. The number of carbonyl (C=O) groups excluding carboxylic acids is 1. The van der Waals surface area contributed by atoms with Crippen molar-refractivity contribution >= 4 is 46.1 Å². The van der Waals surface area contributed by atoms with E-state index in [1.165, 1.54) is 11.8 Å². The predicted molar refractivity (Wildman–Crippen MR) is 142 cm³/mol. The first kappa shape index (κ1) is 24.2. The predicted octanol–water partition coefficient (Wildman–Crippen LogP) is 4.76. The molecule has 2 atom stereocenters. The normalized spacial score (nSPS) is 20.7. The molecule has 3 heterocycles. The Morgan fingerprint density at radius 1 is 1.26 bits per heavy atom. The first-order valence-electron chi connectivity index (χ1n) is 11.4. The average molecular weight is 493 g/mol. The minimum absolute atomic E-state index is 0.107. The summed E-state index contributed by atoms with van der Waals surface area (Å²) in [6.07, 6.45) is 4.00. The lowest BCUT2D eigenvalue weighted by Crippen LogP contribution is -2.39. The van der Waals surface area contributed by atoms with Crippen molar-refractivity contribution in [1.29, 1.82) is 5.26 Å². The maximum Gasteiger partial charge on any atom is 0.270 e. The molecule has 4 rings (SSSR count). The molecule has 2 aliphatic rings. The van der Waals surface area contributed by atoms with Crippen LogP contribution in [0.5, 0.6) is 0 Å². The first-order chi connectivity index (χ1) is 16.2. The Morgan fingerprint density at radius 2 is 1.97 bits per heavy atom. The third kappa shape index (κ3) is 4.30. The Balaban J connectivity index is 1.81. The van der Waals surface area contributed by atoms with Crippen molar-refractivity contribution in [3.05, 3.63) is 67.8 Å². The number of piperidine rings is 1. The van der Waals surface area contributed by atoms with Gasteiger partial charge in [-0.05, 0) is 49.8 Å². The summed E-state index contributed by atoms with van der Waals surface area (Å²) in [4.78, 5) is 30.8. The smallest absolute Gasteiger partial charge is 0.270 e. The van der Waals surface area contributed by atoms with Crippen LogP contribution in [-0.4, -0.2) is 32.8 Å². The summed E-state index contributed by atoms with van der Waals surface area (Å²) in [5.41, 5.74) is 2.14. The lowest BCUT2D eigenvalue weighted by molar-refractivity contribution is -0.123. The van der Waals surface area contributed by atoms with Crippen LogP contribution < -0.4 is 10.5 Å². The van der Waals surface area contributed by atoms with Gasteiger partial charge in [0.05, 0.1) is 10.9 Å². The molecule has 1 aromatic heterocycles. The van der Waals surface area contributed by atoms with E-state index in [1.807, 2.05) is 43.3 Å². The number of benzene rings is 1. The van der Waals surface area contributed by atoms with Gasteiger partial charge in [-0.2, -0.15) is 5.26 Å². The van der Waals surface area contributed by atoms with Crippen LogP contribution in [0.4, 0.5) is 5.82 Å². The Hall–Kier alpha value is -2.89. The van der Waals surface area contributed by atoms with Crippen LogP contribution in [0.25, 0.3) is 6.08 Å². The average Bonchev–Trinajstić information content (AvgIpc) is 3.10. The van der Waals surface area contributed by atoms with E-state index in [4.69, 9.17) is 12.2 Å². The summed E-state index contributed by atoms with van der Waals surface area (Å²) < 4.78 is 2.06. The van der Waals surface area contributed by atoms with Gasteiger partial charge < -0.3 is 4.90 Å². The van der Waals surface area contributed by atoms with E-state index in [1.54, 1.807) is 23.4 Å². The highest BCUT2D eigenvalue weighted by Crippen LogP contribution is 2.40. The van der Waals surface area contributed by atoms with Crippen LogP contribution in [0.15, 0.2) is 40.0 Å². The third-order valence-electron chi connectivity index (χ3n) is 6.69. The fraction of sp³-hybridized carbons (Fsp3) is 0.385. The van der Waals surface area contributed by atoms with Crippen molar-refractivity contribution in [2.45, 2.75) is 39.7 Å². The van der Waals surface area contributed by atoms with Crippen LogP contribution in [0.3, 0.4) is 0 Å². The molecule has 1 amide bonds. The monoisotopic (exact) mass is 492 g/mol. The number of anilines is 1. The van der Waals surface area contributed by atoms with E-state index in [9.17, 15) is 14.9 Å². The number of amides is 1. The van der Waals surface area contributed by atoms with Gasteiger partial charge in [-0.1, -0.05) is 61.2 Å². The van der Waals surface area contributed by atoms with Gasteiger partial charge in [-0.15, -0.1) is 0 Å². The standard InChI is InChI=1S/C26H28N4O2S2/c1-16-9-8-12-29(15-16)23-20(17(2)21(14-27)24(31)28(23)4)13-22-25(32)30(26(33)34-22)18(3)19-10-6-5-7-11-19/h5-7,10-11,13,16,18H,8-9,12,15H2,1-4H3/b22-13-.